The molecule has 6 nitrogen and oxygen atoms in total. The van der Waals surface area contributed by atoms with E-state index < -0.39 is 12.0 Å². The molecule has 2 rings (SSSR count). The second kappa shape index (κ2) is 7.71. The smallest absolute Gasteiger partial charge is 0.325 e. The van der Waals surface area contributed by atoms with Gasteiger partial charge in [-0.15, -0.1) is 0 Å². The standard InChI is InChI=1S/C15H20BrN3O3/c1-9(2)17-14(20)8-22-15(21)13-7-12(18-19-13)10-3-5-11(16)6-4-10/h3-6,9,12-13,18-19H,7-8H2,1-2H3,(H,17,20). The number of ether oxygens (including phenoxy) is 1. The largest absolute Gasteiger partial charge is 0.454 e. The highest BCUT2D eigenvalue weighted by Gasteiger charge is 2.31. The maximum absolute atomic E-state index is 12.0. The van der Waals surface area contributed by atoms with E-state index in [9.17, 15) is 9.59 Å². The summed E-state index contributed by atoms with van der Waals surface area (Å²) in [6.45, 7) is 3.45. The van der Waals surface area contributed by atoms with Gasteiger partial charge in [-0.25, -0.2) is 10.9 Å². The first-order valence-electron chi connectivity index (χ1n) is 7.18. The topological polar surface area (TPSA) is 79.5 Å². The first-order valence-corrected chi connectivity index (χ1v) is 7.97. The highest BCUT2D eigenvalue weighted by molar-refractivity contribution is 9.10. The van der Waals surface area contributed by atoms with Crippen LogP contribution in [0.1, 0.15) is 31.9 Å². The molecule has 0 bridgehead atoms. The van der Waals surface area contributed by atoms with Crippen LogP contribution in [-0.2, 0) is 14.3 Å². The second-order valence-electron chi connectivity index (χ2n) is 5.51. The van der Waals surface area contributed by atoms with Gasteiger partial charge >= 0.3 is 5.97 Å². The summed E-state index contributed by atoms with van der Waals surface area (Å²) in [5, 5.41) is 2.67. The minimum atomic E-state index is -0.458. The number of hydrazine groups is 1. The van der Waals surface area contributed by atoms with Crippen molar-refractivity contribution in [1.82, 2.24) is 16.2 Å². The van der Waals surface area contributed by atoms with Crippen molar-refractivity contribution in [3.63, 3.8) is 0 Å². The lowest BCUT2D eigenvalue weighted by Crippen LogP contribution is -2.40. The van der Waals surface area contributed by atoms with E-state index in [0.29, 0.717) is 6.42 Å². The fourth-order valence-electron chi connectivity index (χ4n) is 2.23. The molecule has 3 N–H and O–H groups in total. The van der Waals surface area contributed by atoms with Crippen molar-refractivity contribution < 1.29 is 14.3 Å². The Labute approximate surface area is 138 Å². The average molecular weight is 370 g/mol. The third kappa shape index (κ3) is 4.79. The summed E-state index contributed by atoms with van der Waals surface area (Å²) in [6, 6.07) is 7.51. The van der Waals surface area contributed by atoms with Gasteiger partial charge < -0.3 is 10.1 Å². The molecule has 2 unspecified atom stereocenters. The van der Waals surface area contributed by atoms with Gasteiger partial charge in [0.1, 0.15) is 6.04 Å². The number of esters is 1. The van der Waals surface area contributed by atoms with E-state index in [-0.39, 0.29) is 24.6 Å². The summed E-state index contributed by atoms with van der Waals surface area (Å²) in [7, 11) is 0. The van der Waals surface area contributed by atoms with Gasteiger partial charge in [-0.3, -0.25) is 9.59 Å². The van der Waals surface area contributed by atoms with Gasteiger partial charge in [0.25, 0.3) is 5.91 Å². The normalized spacial score (nSPS) is 20.9. The summed E-state index contributed by atoms with van der Waals surface area (Å²) >= 11 is 3.39. The Bertz CT molecular complexity index is 533. The van der Waals surface area contributed by atoms with Crippen LogP contribution in [0.5, 0.6) is 0 Å². The minimum absolute atomic E-state index is 0.0271. The lowest BCUT2D eigenvalue weighted by atomic mass is 10.0. The van der Waals surface area contributed by atoms with Crippen LogP contribution < -0.4 is 16.2 Å². The Kier molecular flexibility index (Phi) is 5.93. The van der Waals surface area contributed by atoms with Gasteiger partial charge in [0.15, 0.2) is 6.61 Å². The van der Waals surface area contributed by atoms with E-state index in [1.54, 1.807) is 0 Å². The van der Waals surface area contributed by atoms with Gasteiger partial charge in [-0.05, 0) is 38.0 Å². The molecule has 1 aliphatic heterocycles. The molecular weight excluding hydrogens is 350 g/mol. The van der Waals surface area contributed by atoms with Crippen LogP contribution in [0.15, 0.2) is 28.7 Å². The van der Waals surface area contributed by atoms with Crippen molar-refractivity contribution in [2.75, 3.05) is 6.61 Å². The van der Waals surface area contributed by atoms with Crippen LogP contribution in [0.4, 0.5) is 0 Å². The number of benzene rings is 1. The van der Waals surface area contributed by atoms with E-state index in [1.165, 1.54) is 0 Å². The number of hydrogen-bond donors (Lipinski definition) is 3. The predicted octanol–water partition coefficient (Wildman–Crippen LogP) is 1.42. The Morgan fingerprint density at radius 3 is 2.64 bits per heavy atom. The monoisotopic (exact) mass is 369 g/mol. The maximum atomic E-state index is 12.0. The number of nitrogens with one attached hydrogen (secondary N) is 3. The number of carbonyl (C=O) groups excluding carboxylic acids is 2. The first-order chi connectivity index (χ1) is 10.5. The molecule has 0 radical (unpaired) electrons. The first kappa shape index (κ1) is 16.9. The van der Waals surface area contributed by atoms with Gasteiger partial charge in [0, 0.05) is 16.6 Å². The van der Waals surface area contributed by atoms with E-state index in [0.717, 1.165) is 10.0 Å². The zero-order valence-corrected chi connectivity index (χ0v) is 14.1. The molecule has 120 valence electrons. The van der Waals surface area contributed by atoms with Crippen molar-refractivity contribution in [2.24, 2.45) is 0 Å². The molecule has 1 fully saturated rings. The SMILES string of the molecule is CC(C)NC(=O)COC(=O)C1CC(c2ccc(Br)cc2)NN1. The highest BCUT2D eigenvalue weighted by Crippen LogP contribution is 2.24. The van der Waals surface area contributed by atoms with Crippen molar-refractivity contribution in [3.05, 3.63) is 34.3 Å². The quantitative estimate of drug-likeness (QED) is 0.684. The Morgan fingerprint density at radius 2 is 2.00 bits per heavy atom. The highest BCUT2D eigenvalue weighted by atomic mass is 79.9. The lowest BCUT2D eigenvalue weighted by molar-refractivity contribution is -0.150. The van der Waals surface area contributed by atoms with Crippen LogP contribution in [0.2, 0.25) is 0 Å². The lowest BCUT2D eigenvalue weighted by Gasteiger charge is -2.11. The van der Waals surface area contributed by atoms with Crippen molar-refractivity contribution in [2.45, 2.75) is 38.4 Å². The second-order valence-corrected chi connectivity index (χ2v) is 6.43. The minimum Gasteiger partial charge on any atom is -0.454 e. The average Bonchev–Trinajstić information content (AvgIpc) is 2.94. The van der Waals surface area contributed by atoms with E-state index in [1.807, 2.05) is 38.1 Å². The molecule has 1 aromatic carbocycles. The molecule has 0 aromatic heterocycles. The molecule has 1 heterocycles. The van der Waals surface area contributed by atoms with Gasteiger partial charge in [-0.1, -0.05) is 28.1 Å². The molecule has 2 atom stereocenters. The number of rotatable bonds is 5. The fourth-order valence-corrected chi connectivity index (χ4v) is 2.49. The Morgan fingerprint density at radius 1 is 1.32 bits per heavy atom. The van der Waals surface area contributed by atoms with Crippen LogP contribution in [0.25, 0.3) is 0 Å². The van der Waals surface area contributed by atoms with Crippen LogP contribution in [0.3, 0.4) is 0 Å². The summed E-state index contributed by atoms with van der Waals surface area (Å²) in [4.78, 5) is 23.4. The fraction of sp³-hybridized carbons (Fsp3) is 0.467. The molecule has 0 saturated carbocycles. The summed E-state index contributed by atoms with van der Waals surface area (Å²) in [6.07, 6.45) is 0.576. The summed E-state index contributed by atoms with van der Waals surface area (Å²) < 4.78 is 6.04. The van der Waals surface area contributed by atoms with Gasteiger partial charge in [-0.2, -0.15) is 0 Å². The molecule has 1 aromatic rings. The molecule has 1 aliphatic rings. The zero-order chi connectivity index (χ0) is 16.1. The van der Waals surface area contributed by atoms with E-state index in [2.05, 4.69) is 32.1 Å². The Hall–Kier alpha value is -1.44. The van der Waals surface area contributed by atoms with Crippen molar-refractivity contribution in [1.29, 1.82) is 0 Å². The molecule has 1 saturated heterocycles. The molecule has 22 heavy (non-hydrogen) atoms. The third-order valence-electron chi connectivity index (χ3n) is 3.26. The summed E-state index contributed by atoms with van der Waals surface area (Å²) in [5.74, 6) is -0.718. The number of halogens is 1. The third-order valence-corrected chi connectivity index (χ3v) is 3.78. The van der Waals surface area contributed by atoms with Crippen LogP contribution in [0, 0.1) is 0 Å². The van der Waals surface area contributed by atoms with Crippen molar-refractivity contribution in [3.8, 4) is 0 Å². The van der Waals surface area contributed by atoms with E-state index >= 15 is 0 Å². The molecule has 1 amide bonds. The summed E-state index contributed by atoms with van der Waals surface area (Å²) in [5.41, 5.74) is 7.08. The van der Waals surface area contributed by atoms with Crippen LogP contribution in [-0.4, -0.2) is 30.6 Å². The molecule has 7 heteroatoms. The van der Waals surface area contributed by atoms with Gasteiger partial charge in [0.05, 0.1) is 0 Å². The van der Waals surface area contributed by atoms with Gasteiger partial charge in [0.2, 0.25) is 0 Å². The van der Waals surface area contributed by atoms with Crippen LogP contribution >= 0.6 is 15.9 Å². The molecule has 0 spiro atoms. The molecule has 0 aliphatic carbocycles. The van der Waals surface area contributed by atoms with E-state index in [4.69, 9.17) is 4.74 Å². The predicted molar refractivity (Wildman–Crippen MR) is 85.8 cm³/mol. The van der Waals surface area contributed by atoms with Crippen molar-refractivity contribution >= 4 is 27.8 Å². The number of hydrogen-bond acceptors (Lipinski definition) is 5. The number of carbonyl (C=O) groups is 2. The maximum Gasteiger partial charge on any atom is 0.325 e. The number of amides is 1. The Balaban J connectivity index is 1.81. The molecular formula is C15H20BrN3O3. The zero-order valence-electron chi connectivity index (χ0n) is 12.6.